The van der Waals surface area contributed by atoms with Crippen LogP contribution < -0.4 is 5.32 Å². The van der Waals surface area contributed by atoms with Crippen LogP contribution in [0.4, 0.5) is 11.4 Å². The van der Waals surface area contributed by atoms with E-state index < -0.39 is 10.9 Å². The smallest absolute Gasteiger partial charge is 0.344 e. The van der Waals surface area contributed by atoms with E-state index in [0.29, 0.717) is 18.8 Å². The molecular formula is C18H23N3O5. The van der Waals surface area contributed by atoms with Crippen molar-refractivity contribution in [3.05, 3.63) is 33.9 Å². The number of nitro groups is 1. The number of amides is 1. The number of carbonyl (C=O) groups excluding carboxylic acids is 2. The number of esters is 1. The van der Waals surface area contributed by atoms with Gasteiger partial charge in [-0.05, 0) is 31.4 Å². The zero-order valence-corrected chi connectivity index (χ0v) is 14.8. The van der Waals surface area contributed by atoms with Gasteiger partial charge in [0.05, 0.1) is 12.0 Å². The van der Waals surface area contributed by atoms with Crippen LogP contribution in [0.1, 0.15) is 42.5 Å². The molecule has 0 aromatic heterocycles. The van der Waals surface area contributed by atoms with Crippen LogP contribution in [0, 0.1) is 16.0 Å². The molecule has 1 amide bonds. The largest absolute Gasteiger partial charge is 0.465 e. The second-order valence-electron chi connectivity index (χ2n) is 6.88. The third-order valence-corrected chi connectivity index (χ3v) is 5.17. The van der Waals surface area contributed by atoms with Gasteiger partial charge < -0.3 is 15.0 Å². The zero-order valence-electron chi connectivity index (χ0n) is 14.8. The van der Waals surface area contributed by atoms with Gasteiger partial charge in [0, 0.05) is 36.8 Å². The van der Waals surface area contributed by atoms with E-state index in [1.54, 1.807) is 6.07 Å². The molecular weight excluding hydrogens is 338 g/mol. The Bertz CT molecular complexity index is 715. The number of likely N-dealkylation sites (tertiary alicyclic amines) is 1. The predicted octanol–water partition coefficient (Wildman–Crippen LogP) is 2.58. The molecule has 1 heterocycles. The van der Waals surface area contributed by atoms with Crippen LogP contribution in [0.25, 0.3) is 0 Å². The average Bonchev–Trinajstić information content (AvgIpc) is 3.32. The summed E-state index contributed by atoms with van der Waals surface area (Å²) in [5, 5.41) is 14.4. The molecule has 3 rings (SSSR count). The Morgan fingerprint density at radius 1 is 1.27 bits per heavy atom. The second kappa shape index (κ2) is 7.72. The van der Waals surface area contributed by atoms with Crippen LogP contribution in [0.3, 0.4) is 0 Å². The number of nitro benzene ring substituents is 1. The van der Waals surface area contributed by atoms with Gasteiger partial charge in [0.25, 0.3) is 5.69 Å². The molecule has 0 spiro atoms. The highest BCUT2D eigenvalue weighted by Gasteiger charge is 2.32. The maximum absolute atomic E-state index is 12.5. The number of nitrogens with zero attached hydrogens (tertiary/aromatic N) is 2. The molecule has 1 aliphatic heterocycles. The third kappa shape index (κ3) is 3.79. The number of ether oxygens (including phenoxy) is 1. The van der Waals surface area contributed by atoms with Crippen molar-refractivity contribution < 1.29 is 19.2 Å². The molecule has 8 heteroatoms. The fourth-order valence-electron chi connectivity index (χ4n) is 3.80. The first-order valence-corrected chi connectivity index (χ1v) is 8.91. The molecule has 0 radical (unpaired) electrons. The summed E-state index contributed by atoms with van der Waals surface area (Å²) in [6, 6.07) is 4.37. The van der Waals surface area contributed by atoms with E-state index in [9.17, 15) is 19.7 Å². The Morgan fingerprint density at radius 2 is 2.00 bits per heavy atom. The van der Waals surface area contributed by atoms with Crippen molar-refractivity contribution in [2.24, 2.45) is 5.92 Å². The number of anilines is 1. The van der Waals surface area contributed by atoms with Gasteiger partial charge in [-0.25, -0.2) is 4.79 Å². The molecule has 2 fully saturated rings. The summed E-state index contributed by atoms with van der Waals surface area (Å²) >= 11 is 0. The summed E-state index contributed by atoms with van der Waals surface area (Å²) in [7, 11) is 1.19. The lowest BCUT2D eigenvalue weighted by Crippen LogP contribution is -2.35. The van der Waals surface area contributed by atoms with Gasteiger partial charge in [-0.3, -0.25) is 14.9 Å². The summed E-state index contributed by atoms with van der Waals surface area (Å²) in [5.41, 5.74) is 0.238. The topological polar surface area (TPSA) is 102 Å². The summed E-state index contributed by atoms with van der Waals surface area (Å²) in [6.07, 6.45) is 5.04. The molecule has 1 N–H and O–H groups in total. The first-order chi connectivity index (χ1) is 12.5. The minimum absolute atomic E-state index is 0.0623. The van der Waals surface area contributed by atoms with Crippen LogP contribution in [-0.4, -0.2) is 47.9 Å². The van der Waals surface area contributed by atoms with Crippen LogP contribution in [0.2, 0.25) is 0 Å². The molecule has 1 aromatic rings. The van der Waals surface area contributed by atoms with Gasteiger partial charge in [-0.2, -0.15) is 0 Å². The monoisotopic (exact) mass is 361 g/mol. The molecule has 1 atom stereocenters. The summed E-state index contributed by atoms with van der Waals surface area (Å²) in [4.78, 5) is 36.7. The predicted molar refractivity (Wildman–Crippen MR) is 95.0 cm³/mol. The Labute approximate surface area is 151 Å². The minimum atomic E-state index is -0.746. The van der Waals surface area contributed by atoms with E-state index in [4.69, 9.17) is 0 Å². The number of hydrogen-bond acceptors (Lipinski definition) is 6. The highest BCUT2D eigenvalue weighted by molar-refractivity contribution is 5.95. The van der Waals surface area contributed by atoms with Crippen LogP contribution in [0.5, 0.6) is 0 Å². The van der Waals surface area contributed by atoms with Crippen molar-refractivity contribution in [2.75, 3.05) is 25.5 Å². The number of nitrogens with one attached hydrogen (secondary N) is 1. The molecule has 1 unspecified atom stereocenters. The van der Waals surface area contributed by atoms with Crippen molar-refractivity contribution in [1.82, 2.24) is 4.90 Å². The first-order valence-electron chi connectivity index (χ1n) is 8.91. The maximum Gasteiger partial charge on any atom is 0.344 e. The van der Waals surface area contributed by atoms with Gasteiger partial charge in [0.2, 0.25) is 5.91 Å². The van der Waals surface area contributed by atoms with E-state index >= 15 is 0 Å². The zero-order chi connectivity index (χ0) is 18.7. The normalized spacial score (nSPS) is 20.2. The van der Waals surface area contributed by atoms with E-state index in [1.165, 1.54) is 19.2 Å². The first kappa shape index (κ1) is 18.2. The van der Waals surface area contributed by atoms with Crippen LogP contribution >= 0.6 is 0 Å². The number of rotatable bonds is 5. The summed E-state index contributed by atoms with van der Waals surface area (Å²) in [6.45, 7) is 1.32. The molecule has 1 aliphatic carbocycles. The highest BCUT2D eigenvalue weighted by atomic mass is 16.6. The molecule has 140 valence electrons. The fourth-order valence-corrected chi connectivity index (χ4v) is 3.80. The van der Waals surface area contributed by atoms with Crippen LogP contribution in [-0.2, 0) is 9.53 Å². The van der Waals surface area contributed by atoms with E-state index in [2.05, 4.69) is 10.1 Å². The van der Waals surface area contributed by atoms with E-state index in [1.807, 2.05) is 4.90 Å². The van der Waals surface area contributed by atoms with Gasteiger partial charge in [0.15, 0.2) is 0 Å². The van der Waals surface area contributed by atoms with Gasteiger partial charge >= 0.3 is 5.97 Å². The number of carbonyl (C=O) groups is 2. The van der Waals surface area contributed by atoms with Gasteiger partial charge in [-0.1, -0.05) is 12.8 Å². The lowest BCUT2D eigenvalue weighted by Gasteiger charge is -2.21. The number of methoxy groups -OCH3 is 1. The summed E-state index contributed by atoms with van der Waals surface area (Å²) in [5.74, 6) is -0.338. The second-order valence-corrected chi connectivity index (χ2v) is 6.88. The standard InChI is InChI=1S/C18H23N3O5/c1-26-18(23)15-10-13(6-7-16(15)21(24)25)19-14-8-9-20(11-14)17(22)12-4-2-3-5-12/h6-7,10,12,14,19H,2-5,8-9,11H2,1H3. The minimum Gasteiger partial charge on any atom is -0.465 e. The lowest BCUT2D eigenvalue weighted by molar-refractivity contribution is -0.385. The Hall–Kier alpha value is -2.64. The van der Waals surface area contributed by atoms with Crippen molar-refractivity contribution in [1.29, 1.82) is 0 Å². The molecule has 1 saturated carbocycles. The molecule has 0 bridgehead atoms. The maximum atomic E-state index is 12.5. The third-order valence-electron chi connectivity index (χ3n) is 5.17. The SMILES string of the molecule is COC(=O)c1cc(NC2CCN(C(=O)C3CCCC3)C2)ccc1[N+](=O)[O-]. The number of benzene rings is 1. The fraction of sp³-hybridized carbons (Fsp3) is 0.556. The average molecular weight is 361 g/mol. The number of hydrogen-bond donors (Lipinski definition) is 1. The highest BCUT2D eigenvalue weighted by Crippen LogP contribution is 2.29. The van der Waals surface area contributed by atoms with E-state index in [0.717, 1.165) is 32.1 Å². The lowest BCUT2D eigenvalue weighted by atomic mass is 10.1. The molecule has 1 aromatic carbocycles. The van der Waals surface area contributed by atoms with Crippen molar-refractivity contribution in [2.45, 2.75) is 38.1 Å². The van der Waals surface area contributed by atoms with Crippen LogP contribution in [0.15, 0.2) is 18.2 Å². The Kier molecular flexibility index (Phi) is 5.39. The molecule has 2 aliphatic rings. The Morgan fingerprint density at radius 3 is 2.65 bits per heavy atom. The summed E-state index contributed by atoms with van der Waals surface area (Å²) < 4.78 is 4.63. The van der Waals surface area contributed by atoms with Crippen molar-refractivity contribution in [3.63, 3.8) is 0 Å². The Balaban J connectivity index is 1.66. The van der Waals surface area contributed by atoms with Crippen molar-refractivity contribution in [3.8, 4) is 0 Å². The molecule has 1 saturated heterocycles. The van der Waals surface area contributed by atoms with Crippen molar-refractivity contribution >= 4 is 23.3 Å². The molecule has 26 heavy (non-hydrogen) atoms. The quantitative estimate of drug-likeness (QED) is 0.491. The van der Waals surface area contributed by atoms with E-state index in [-0.39, 0.29) is 29.1 Å². The van der Waals surface area contributed by atoms with Gasteiger partial charge in [-0.15, -0.1) is 0 Å². The molecule has 8 nitrogen and oxygen atoms in total. The van der Waals surface area contributed by atoms with Gasteiger partial charge in [0.1, 0.15) is 5.56 Å².